The Morgan fingerprint density at radius 1 is 1.14 bits per heavy atom. The SMILES string of the molecule is CCCN(C)C(=O)c1coc(CN2CCN(Cc3ccc(OC)cc3)CC2)n1. The molecular formula is C21H30N4O3. The largest absolute Gasteiger partial charge is 0.497 e. The minimum Gasteiger partial charge on any atom is -0.497 e. The zero-order valence-electron chi connectivity index (χ0n) is 17.1. The first-order chi connectivity index (χ1) is 13.6. The summed E-state index contributed by atoms with van der Waals surface area (Å²) in [5, 5.41) is 0. The Hall–Kier alpha value is -2.38. The summed E-state index contributed by atoms with van der Waals surface area (Å²) in [5.74, 6) is 1.41. The van der Waals surface area contributed by atoms with Crippen LogP contribution in [0.1, 0.15) is 35.3 Å². The van der Waals surface area contributed by atoms with Crippen molar-refractivity contribution in [2.24, 2.45) is 0 Å². The molecule has 7 nitrogen and oxygen atoms in total. The van der Waals surface area contributed by atoms with Gasteiger partial charge in [-0.15, -0.1) is 0 Å². The van der Waals surface area contributed by atoms with E-state index in [2.05, 4.69) is 26.9 Å². The maximum absolute atomic E-state index is 12.3. The molecule has 3 rings (SSSR count). The number of aromatic nitrogens is 1. The highest BCUT2D eigenvalue weighted by atomic mass is 16.5. The molecule has 0 bridgehead atoms. The van der Waals surface area contributed by atoms with E-state index in [4.69, 9.17) is 9.15 Å². The van der Waals surface area contributed by atoms with E-state index < -0.39 is 0 Å². The van der Waals surface area contributed by atoms with Gasteiger partial charge in [-0.1, -0.05) is 19.1 Å². The lowest BCUT2D eigenvalue weighted by Gasteiger charge is -2.34. The van der Waals surface area contributed by atoms with Crippen LogP contribution in [0.4, 0.5) is 0 Å². The van der Waals surface area contributed by atoms with Gasteiger partial charge in [-0.25, -0.2) is 4.98 Å². The van der Waals surface area contributed by atoms with Crippen LogP contribution in [0, 0.1) is 0 Å². The Kier molecular flexibility index (Phi) is 7.06. The summed E-state index contributed by atoms with van der Waals surface area (Å²) in [7, 11) is 3.48. The molecule has 1 aromatic carbocycles. The maximum atomic E-state index is 12.3. The normalized spacial score (nSPS) is 15.5. The summed E-state index contributed by atoms with van der Waals surface area (Å²) in [6.07, 6.45) is 2.40. The molecule has 0 atom stereocenters. The van der Waals surface area contributed by atoms with E-state index in [1.807, 2.05) is 19.1 Å². The van der Waals surface area contributed by atoms with Crippen molar-refractivity contribution >= 4 is 5.91 Å². The molecule has 1 aliphatic rings. The number of rotatable bonds is 8. The summed E-state index contributed by atoms with van der Waals surface area (Å²) in [4.78, 5) is 23.1. The van der Waals surface area contributed by atoms with Gasteiger partial charge in [0.2, 0.25) is 5.89 Å². The first-order valence-corrected chi connectivity index (χ1v) is 9.86. The van der Waals surface area contributed by atoms with Gasteiger partial charge in [-0.3, -0.25) is 14.6 Å². The highest BCUT2D eigenvalue weighted by Crippen LogP contribution is 2.15. The molecule has 0 saturated carbocycles. The van der Waals surface area contributed by atoms with E-state index >= 15 is 0 Å². The van der Waals surface area contributed by atoms with Gasteiger partial charge in [0.15, 0.2) is 5.69 Å². The molecule has 1 aromatic heterocycles. The van der Waals surface area contributed by atoms with Crippen molar-refractivity contribution < 1.29 is 13.9 Å². The van der Waals surface area contributed by atoms with Gasteiger partial charge in [-0.05, 0) is 24.1 Å². The van der Waals surface area contributed by atoms with Gasteiger partial charge in [0.05, 0.1) is 13.7 Å². The van der Waals surface area contributed by atoms with E-state index in [0.717, 1.165) is 51.4 Å². The fourth-order valence-electron chi connectivity index (χ4n) is 3.40. The summed E-state index contributed by atoms with van der Waals surface area (Å²) in [6, 6.07) is 8.24. The van der Waals surface area contributed by atoms with E-state index in [1.165, 1.54) is 11.8 Å². The van der Waals surface area contributed by atoms with Gasteiger partial charge in [0.25, 0.3) is 5.91 Å². The molecule has 28 heavy (non-hydrogen) atoms. The minimum absolute atomic E-state index is 0.0823. The number of ether oxygens (including phenoxy) is 1. The molecule has 1 aliphatic heterocycles. The maximum Gasteiger partial charge on any atom is 0.275 e. The number of piperazine rings is 1. The van der Waals surface area contributed by atoms with Crippen molar-refractivity contribution in [2.45, 2.75) is 26.4 Å². The van der Waals surface area contributed by atoms with E-state index in [-0.39, 0.29) is 5.91 Å². The first-order valence-electron chi connectivity index (χ1n) is 9.86. The summed E-state index contributed by atoms with van der Waals surface area (Å²) in [5.41, 5.74) is 1.69. The molecule has 7 heteroatoms. The Morgan fingerprint density at radius 2 is 1.79 bits per heavy atom. The zero-order valence-corrected chi connectivity index (χ0v) is 17.1. The lowest BCUT2D eigenvalue weighted by Crippen LogP contribution is -2.45. The summed E-state index contributed by atoms with van der Waals surface area (Å²) >= 11 is 0. The van der Waals surface area contributed by atoms with Crippen molar-refractivity contribution in [3.8, 4) is 5.75 Å². The zero-order chi connectivity index (χ0) is 19.9. The number of methoxy groups -OCH3 is 1. The molecule has 2 aromatic rings. The third-order valence-electron chi connectivity index (χ3n) is 5.07. The highest BCUT2D eigenvalue weighted by molar-refractivity contribution is 5.91. The van der Waals surface area contributed by atoms with E-state index in [0.29, 0.717) is 18.1 Å². The first kappa shape index (κ1) is 20.4. The predicted octanol–water partition coefficient (Wildman–Crippen LogP) is 2.48. The van der Waals surface area contributed by atoms with Crippen molar-refractivity contribution in [2.75, 3.05) is 46.9 Å². The number of carbonyl (C=O) groups excluding carboxylic acids is 1. The molecule has 2 heterocycles. The van der Waals surface area contributed by atoms with Crippen molar-refractivity contribution in [1.29, 1.82) is 0 Å². The fourth-order valence-corrected chi connectivity index (χ4v) is 3.40. The monoisotopic (exact) mass is 386 g/mol. The number of carbonyl (C=O) groups is 1. The highest BCUT2D eigenvalue weighted by Gasteiger charge is 2.21. The Labute approximate surface area is 166 Å². The quantitative estimate of drug-likeness (QED) is 0.695. The number of hydrogen-bond acceptors (Lipinski definition) is 6. The van der Waals surface area contributed by atoms with Crippen LogP contribution in [0.2, 0.25) is 0 Å². The van der Waals surface area contributed by atoms with Gasteiger partial charge in [0.1, 0.15) is 12.0 Å². The smallest absolute Gasteiger partial charge is 0.275 e. The van der Waals surface area contributed by atoms with Gasteiger partial charge < -0.3 is 14.1 Å². The van der Waals surface area contributed by atoms with Crippen molar-refractivity contribution in [1.82, 2.24) is 19.7 Å². The number of hydrogen-bond donors (Lipinski definition) is 0. The number of nitrogens with zero attached hydrogens (tertiary/aromatic N) is 4. The Bertz CT molecular complexity index is 751. The van der Waals surface area contributed by atoms with Crippen LogP contribution in [0.5, 0.6) is 5.75 Å². The Morgan fingerprint density at radius 3 is 2.39 bits per heavy atom. The van der Waals surface area contributed by atoms with E-state index in [1.54, 1.807) is 19.1 Å². The van der Waals surface area contributed by atoms with Crippen LogP contribution < -0.4 is 4.74 Å². The molecular weight excluding hydrogens is 356 g/mol. The van der Waals surface area contributed by atoms with E-state index in [9.17, 15) is 4.79 Å². The van der Waals surface area contributed by atoms with Crippen LogP contribution in [0.25, 0.3) is 0 Å². The van der Waals surface area contributed by atoms with Crippen LogP contribution >= 0.6 is 0 Å². The Balaban J connectivity index is 1.46. The molecule has 0 aliphatic carbocycles. The molecule has 0 radical (unpaired) electrons. The molecule has 152 valence electrons. The third kappa shape index (κ3) is 5.33. The number of benzene rings is 1. The molecule has 1 fully saturated rings. The second-order valence-corrected chi connectivity index (χ2v) is 7.25. The standard InChI is InChI=1S/C21H30N4O3/c1-4-9-23(2)21(26)19-16-28-20(22-19)15-25-12-10-24(11-13-25)14-17-5-7-18(27-3)8-6-17/h5-8,16H,4,9-15H2,1-3H3. The second-order valence-electron chi connectivity index (χ2n) is 7.25. The molecule has 0 N–H and O–H groups in total. The average Bonchev–Trinajstić information content (AvgIpc) is 3.18. The van der Waals surface area contributed by atoms with Crippen molar-refractivity contribution in [3.63, 3.8) is 0 Å². The fraction of sp³-hybridized carbons (Fsp3) is 0.524. The van der Waals surface area contributed by atoms with Gasteiger partial charge >= 0.3 is 0 Å². The van der Waals surface area contributed by atoms with Crippen LogP contribution in [0.15, 0.2) is 34.9 Å². The second kappa shape index (κ2) is 9.71. The predicted molar refractivity (Wildman–Crippen MR) is 107 cm³/mol. The molecule has 1 saturated heterocycles. The summed E-state index contributed by atoms with van der Waals surface area (Å²) in [6.45, 7) is 8.26. The minimum atomic E-state index is -0.0823. The van der Waals surface area contributed by atoms with Crippen LogP contribution in [-0.2, 0) is 13.1 Å². The van der Waals surface area contributed by atoms with Gasteiger partial charge in [0, 0.05) is 46.3 Å². The topological polar surface area (TPSA) is 62.1 Å². The van der Waals surface area contributed by atoms with Crippen LogP contribution in [0.3, 0.4) is 0 Å². The van der Waals surface area contributed by atoms with Crippen molar-refractivity contribution in [3.05, 3.63) is 47.7 Å². The third-order valence-corrected chi connectivity index (χ3v) is 5.07. The number of oxazole rings is 1. The summed E-state index contributed by atoms with van der Waals surface area (Å²) < 4.78 is 10.7. The molecule has 0 unspecified atom stereocenters. The average molecular weight is 386 g/mol. The number of amides is 1. The molecule has 1 amide bonds. The molecule has 0 spiro atoms. The lowest BCUT2D eigenvalue weighted by molar-refractivity contribution is 0.0789. The van der Waals surface area contributed by atoms with Gasteiger partial charge in [-0.2, -0.15) is 0 Å². The van der Waals surface area contributed by atoms with Crippen LogP contribution in [-0.4, -0.2) is 72.5 Å². The lowest BCUT2D eigenvalue weighted by atomic mass is 10.2.